The van der Waals surface area contributed by atoms with E-state index >= 15 is 0 Å². The average Bonchev–Trinajstić information content (AvgIpc) is 2.37. The molecule has 1 atom stereocenters. The van der Waals surface area contributed by atoms with E-state index in [1.807, 2.05) is 13.0 Å². The number of ether oxygens (including phenoxy) is 1. The number of allylic oxidation sites excluding steroid dienone is 3. The maximum absolute atomic E-state index is 11.3. The van der Waals surface area contributed by atoms with Crippen LogP contribution in [0.3, 0.4) is 0 Å². The lowest BCUT2D eigenvalue weighted by Crippen LogP contribution is -2.28. The fourth-order valence-electron chi connectivity index (χ4n) is 1.46. The van der Waals surface area contributed by atoms with Gasteiger partial charge in [0.15, 0.2) is 0 Å². The number of aliphatic carboxylic acids is 1. The Balaban J connectivity index is 2.99. The van der Waals surface area contributed by atoms with E-state index in [0.29, 0.717) is 11.3 Å². The van der Waals surface area contributed by atoms with Crippen molar-refractivity contribution in [3.05, 3.63) is 66.8 Å². The first kappa shape index (κ1) is 13.8. The van der Waals surface area contributed by atoms with Crippen LogP contribution in [0.15, 0.2) is 66.8 Å². The van der Waals surface area contributed by atoms with Crippen molar-refractivity contribution in [1.29, 1.82) is 0 Å². The molecule has 1 unspecified atom stereocenters. The molecule has 3 nitrogen and oxygen atoms in total. The van der Waals surface area contributed by atoms with Crippen molar-refractivity contribution >= 4 is 5.97 Å². The molecule has 1 aromatic rings. The summed E-state index contributed by atoms with van der Waals surface area (Å²) in [6, 6.07) is 8.87. The van der Waals surface area contributed by atoms with Crippen LogP contribution in [0.25, 0.3) is 0 Å². The van der Waals surface area contributed by atoms with E-state index in [9.17, 15) is 9.90 Å². The molecule has 0 radical (unpaired) electrons. The van der Waals surface area contributed by atoms with Gasteiger partial charge >= 0.3 is 5.97 Å². The molecule has 0 saturated carbocycles. The van der Waals surface area contributed by atoms with Crippen LogP contribution in [0.4, 0.5) is 0 Å². The predicted octanol–water partition coefficient (Wildman–Crippen LogP) is 3.21. The largest absolute Gasteiger partial charge is 0.478 e. The van der Waals surface area contributed by atoms with E-state index in [0.717, 1.165) is 0 Å². The minimum absolute atomic E-state index is 0.518. The highest BCUT2D eigenvalue weighted by atomic mass is 16.5. The Bertz CT molecular complexity index is 458. The number of para-hydroxylation sites is 1. The molecule has 1 N–H and O–H groups in total. The first-order valence-electron chi connectivity index (χ1n) is 5.59. The fourth-order valence-corrected chi connectivity index (χ4v) is 1.46. The average molecular weight is 244 g/mol. The maximum Gasteiger partial charge on any atom is 0.349 e. The van der Waals surface area contributed by atoms with Crippen LogP contribution in [0.2, 0.25) is 0 Å². The highest BCUT2D eigenvalue weighted by Crippen LogP contribution is 2.16. The summed E-state index contributed by atoms with van der Waals surface area (Å²) in [7, 11) is 0. The number of rotatable bonds is 6. The third kappa shape index (κ3) is 3.94. The number of benzene rings is 1. The van der Waals surface area contributed by atoms with Crippen LogP contribution in [0.1, 0.15) is 6.92 Å². The van der Waals surface area contributed by atoms with E-state index in [-0.39, 0.29) is 0 Å². The maximum atomic E-state index is 11.3. The molecule has 0 aliphatic carbocycles. The summed E-state index contributed by atoms with van der Waals surface area (Å²) < 4.78 is 5.48. The minimum Gasteiger partial charge on any atom is -0.478 e. The summed E-state index contributed by atoms with van der Waals surface area (Å²) in [6.45, 7) is 5.39. The molecule has 0 fully saturated rings. The molecule has 0 aliphatic rings. The molecule has 1 aromatic carbocycles. The molecule has 0 spiro atoms. The van der Waals surface area contributed by atoms with Gasteiger partial charge in [-0.1, -0.05) is 49.1 Å². The Labute approximate surface area is 107 Å². The van der Waals surface area contributed by atoms with Gasteiger partial charge in [0.2, 0.25) is 6.10 Å². The van der Waals surface area contributed by atoms with Crippen molar-refractivity contribution in [2.75, 3.05) is 0 Å². The first-order valence-corrected chi connectivity index (χ1v) is 5.59. The summed E-state index contributed by atoms with van der Waals surface area (Å²) >= 11 is 0. The molecular weight excluding hydrogens is 228 g/mol. The van der Waals surface area contributed by atoms with Gasteiger partial charge in [-0.2, -0.15) is 0 Å². The van der Waals surface area contributed by atoms with Crippen LogP contribution in [0.5, 0.6) is 5.75 Å². The summed E-state index contributed by atoms with van der Waals surface area (Å²) in [5.74, 6) is -0.519. The molecular formula is C15H16O3. The third-order valence-electron chi connectivity index (χ3n) is 2.19. The molecule has 0 saturated heterocycles. The van der Waals surface area contributed by atoms with Gasteiger partial charge in [-0.05, 0) is 19.1 Å². The molecule has 1 rings (SSSR count). The number of carboxylic acid groups (broad SMARTS) is 1. The molecule has 0 heterocycles. The van der Waals surface area contributed by atoms with Crippen molar-refractivity contribution in [3.8, 4) is 5.75 Å². The monoisotopic (exact) mass is 244 g/mol. The van der Waals surface area contributed by atoms with Crippen LogP contribution in [0, 0.1) is 0 Å². The lowest BCUT2D eigenvalue weighted by molar-refractivity contribution is -0.143. The molecule has 0 bridgehead atoms. The zero-order chi connectivity index (χ0) is 13.4. The zero-order valence-electron chi connectivity index (χ0n) is 10.2. The van der Waals surface area contributed by atoms with Gasteiger partial charge in [0.1, 0.15) is 5.75 Å². The number of hydrogen-bond donors (Lipinski definition) is 1. The minimum atomic E-state index is -1.04. The molecule has 0 aromatic heterocycles. The van der Waals surface area contributed by atoms with Gasteiger partial charge in [0, 0.05) is 5.57 Å². The SMILES string of the molecule is C=C/C=C(\C=C/C)C(Oc1ccccc1)C(=O)O. The zero-order valence-corrected chi connectivity index (χ0v) is 10.2. The van der Waals surface area contributed by atoms with Crippen molar-refractivity contribution in [2.24, 2.45) is 0 Å². The van der Waals surface area contributed by atoms with Gasteiger partial charge in [-0.25, -0.2) is 4.79 Å². The van der Waals surface area contributed by atoms with Gasteiger partial charge in [-0.3, -0.25) is 0 Å². The van der Waals surface area contributed by atoms with Crippen LogP contribution in [-0.2, 0) is 4.79 Å². The van der Waals surface area contributed by atoms with Crippen molar-refractivity contribution in [1.82, 2.24) is 0 Å². The van der Waals surface area contributed by atoms with Crippen LogP contribution in [-0.4, -0.2) is 17.2 Å². The summed E-state index contributed by atoms with van der Waals surface area (Å²) in [6.07, 6.45) is 5.59. The Morgan fingerprint density at radius 3 is 2.56 bits per heavy atom. The van der Waals surface area contributed by atoms with Crippen LogP contribution < -0.4 is 4.74 Å². The Morgan fingerprint density at radius 2 is 2.06 bits per heavy atom. The second kappa shape index (κ2) is 7.12. The fraction of sp³-hybridized carbons (Fsp3) is 0.133. The topological polar surface area (TPSA) is 46.5 Å². The molecule has 3 heteroatoms. The highest BCUT2D eigenvalue weighted by Gasteiger charge is 2.22. The molecule has 18 heavy (non-hydrogen) atoms. The van der Waals surface area contributed by atoms with E-state index in [1.165, 1.54) is 0 Å². The van der Waals surface area contributed by atoms with E-state index in [1.54, 1.807) is 48.6 Å². The Hall–Kier alpha value is -2.29. The Kier molecular flexibility index (Phi) is 5.45. The van der Waals surface area contributed by atoms with E-state index < -0.39 is 12.1 Å². The summed E-state index contributed by atoms with van der Waals surface area (Å²) in [5, 5.41) is 9.22. The first-order chi connectivity index (χ1) is 8.69. The highest BCUT2D eigenvalue weighted by molar-refractivity contribution is 5.78. The van der Waals surface area contributed by atoms with Crippen molar-refractivity contribution < 1.29 is 14.6 Å². The van der Waals surface area contributed by atoms with Crippen molar-refractivity contribution in [2.45, 2.75) is 13.0 Å². The van der Waals surface area contributed by atoms with Gasteiger partial charge in [0.25, 0.3) is 0 Å². The smallest absolute Gasteiger partial charge is 0.349 e. The van der Waals surface area contributed by atoms with Crippen LogP contribution >= 0.6 is 0 Å². The van der Waals surface area contributed by atoms with Gasteiger partial charge in [0.05, 0.1) is 0 Å². The predicted molar refractivity (Wildman–Crippen MR) is 71.6 cm³/mol. The molecule has 0 aliphatic heterocycles. The lowest BCUT2D eigenvalue weighted by atomic mass is 10.1. The Morgan fingerprint density at radius 1 is 1.39 bits per heavy atom. The molecule has 94 valence electrons. The lowest BCUT2D eigenvalue weighted by Gasteiger charge is -2.16. The number of carboxylic acids is 1. The summed E-state index contributed by atoms with van der Waals surface area (Å²) in [5.41, 5.74) is 0.545. The standard InChI is InChI=1S/C15H16O3/c1-3-8-12(9-4-2)14(15(16)17)18-13-10-6-5-7-11-13/h3-11,14H,1H2,2H3,(H,16,17)/b9-4-,12-8+. The van der Waals surface area contributed by atoms with Gasteiger partial charge in [-0.15, -0.1) is 0 Å². The summed E-state index contributed by atoms with van der Waals surface area (Å²) in [4.78, 5) is 11.3. The second-order valence-electron chi connectivity index (χ2n) is 3.55. The van der Waals surface area contributed by atoms with Crippen molar-refractivity contribution in [3.63, 3.8) is 0 Å². The third-order valence-corrected chi connectivity index (χ3v) is 2.19. The molecule has 0 amide bonds. The number of carbonyl (C=O) groups is 1. The normalized spacial score (nSPS) is 13.3. The second-order valence-corrected chi connectivity index (χ2v) is 3.55. The quantitative estimate of drug-likeness (QED) is 0.781. The van der Waals surface area contributed by atoms with Gasteiger partial charge < -0.3 is 9.84 Å². The van der Waals surface area contributed by atoms with E-state index in [4.69, 9.17) is 4.74 Å². The number of hydrogen-bond acceptors (Lipinski definition) is 2. The van der Waals surface area contributed by atoms with E-state index in [2.05, 4.69) is 6.58 Å².